The van der Waals surface area contributed by atoms with Gasteiger partial charge in [-0.25, -0.2) is 4.99 Å². The maximum Gasteiger partial charge on any atom is 0.257 e. The highest BCUT2D eigenvalue weighted by atomic mass is 35.5. The number of hydrogen-bond acceptors (Lipinski definition) is 4. The molecule has 0 unspecified atom stereocenters. The van der Waals surface area contributed by atoms with Gasteiger partial charge in [0.15, 0.2) is 0 Å². The molecule has 0 radical (unpaired) electrons. The normalized spacial score (nSPS) is 12.4. The van der Waals surface area contributed by atoms with Gasteiger partial charge in [0.25, 0.3) is 17.4 Å². The molecule has 0 fully saturated rings. The van der Waals surface area contributed by atoms with Crippen molar-refractivity contribution >= 4 is 58.1 Å². The maximum absolute atomic E-state index is 12.9. The van der Waals surface area contributed by atoms with E-state index in [2.05, 4.69) is 22.2 Å². The number of amidine groups is 1. The fraction of sp³-hybridized carbons (Fsp3) is 0. The zero-order valence-corrected chi connectivity index (χ0v) is 19.6. The lowest BCUT2D eigenvalue weighted by molar-refractivity contribution is 0.0975. The number of carbonyl (C=O) groups is 2. The Morgan fingerprint density at radius 2 is 1.53 bits per heavy atom. The van der Waals surface area contributed by atoms with E-state index in [1.54, 1.807) is 30.4 Å². The zero-order chi connectivity index (χ0) is 24.4. The van der Waals surface area contributed by atoms with Gasteiger partial charge in [0.05, 0.1) is 37.7 Å². The molecule has 7 nitrogen and oxygen atoms in total. The lowest BCUT2D eigenvalue weighted by Gasteiger charge is -2.13. The average Bonchev–Trinajstić information content (AvgIpc) is 3.20. The fourth-order valence-electron chi connectivity index (χ4n) is 3.13. The van der Waals surface area contributed by atoms with Crippen molar-refractivity contribution in [2.24, 2.45) is 4.99 Å². The number of aliphatic imine (C=N–C) groups is 1. The number of aromatic nitrogens is 1. The second kappa shape index (κ2) is 9.69. The number of halogens is 3. The fourth-order valence-corrected chi connectivity index (χ4v) is 3.88. The Labute approximate surface area is 209 Å². The highest BCUT2D eigenvalue weighted by Gasteiger charge is 2.16. The van der Waals surface area contributed by atoms with E-state index in [-0.39, 0.29) is 37.6 Å². The second-order valence-electron chi connectivity index (χ2n) is 7.12. The molecule has 0 spiro atoms. The number of rotatable bonds is 4. The molecule has 2 amide bonds. The van der Waals surface area contributed by atoms with Crippen LogP contribution in [0.3, 0.4) is 0 Å². The first-order valence-corrected chi connectivity index (χ1v) is 10.9. The highest BCUT2D eigenvalue weighted by Crippen LogP contribution is 2.28. The quantitative estimate of drug-likeness (QED) is 0.498. The summed E-state index contributed by atoms with van der Waals surface area (Å²) in [5.74, 6) is -0.640. The van der Waals surface area contributed by atoms with Crippen LogP contribution in [-0.4, -0.2) is 22.2 Å². The molecule has 170 valence electrons. The maximum atomic E-state index is 12.9. The van der Waals surface area contributed by atoms with Gasteiger partial charge in [0, 0.05) is 17.8 Å². The van der Waals surface area contributed by atoms with Crippen LogP contribution < -0.4 is 16.2 Å². The van der Waals surface area contributed by atoms with Crippen molar-refractivity contribution in [2.75, 3.05) is 5.32 Å². The first-order valence-electron chi connectivity index (χ1n) is 9.78. The molecule has 2 N–H and O–H groups in total. The van der Waals surface area contributed by atoms with Gasteiger partial charge < -0.3 is 10.6 Å². The van der Waals surface area contributed by atoms with Crippen LogP contribution in [0, 0.1) is 0 Å². The summed E-state index contributed by atoms with van der Waals surface area (Å²) >= 11 is 18.7. The van der Waals surface area contributed by atoms with Crippen LogP contribution in [0.25, 0.3) is 5.69 Å². The summed E-state index contributed by atoms with van der Waals surface area (Å²) in [5, 5.41) is 6.02. The Kier molecular flexibility index (Phi) is 6.70. The smallest absolute Gasteiger partial charge is 0.257 e. The van der Waals surface area contributed by atoms with E-state index in [1.807, 2.05) is 0 Å². The molecule has 0 saturated heterocycles. The highest BCUT2D eigenvalue weighted by molar-refractivity contribution is 6.37. The molecule has 4 rings (SSSR count). The topological polar surface area (TPSA) is 92.6 Å². The van der Waals surface area contributed by atoms with Gasteiger partial charge in [0.1, 0.15) is 5.84 Å². The predicted octanol–water partition coefficient (Wildman–Crippen LogP) is 5.26. The van der Waals surface area contributed by atoms with Gasteiger partial charge in [-0.3, -0.25) is 19.0 Å². The SMILES string of the molecule is C=C1C=CC(NC(=O)c2ccc(Cl)c(NC(=O)c3ccc(=O)n(-c4c(Cl)cccc4Cl)c3)c2)=N1. The summed E-state index contributed by atoms with van der Waals surface area (Å²) in [5.41, 5.74) is 0.968. The largest absolute Gasteiger partial charge is 0.321 e. The monoisotopic (exact) mass is 512 g/mol. The minimum atomic E-state index is -0.559. The van der Waals surface area contributed by atoms with E-state index in [4.69, 9.17) is 34.8 Å². The van der Waals surface area contributed by atoms with E-state index >= 15 is 0 Å². The number of benzene rings is 2. The van der Waals surface area contributed by atoms with E-state index in [1.165, 1.54) is 41.1 Å². The van der Waals surface area contributed by atoms with Crippen LogP contribution in [0.2, 0.25) is 15.1 Å². The Hall–Kier alpha value is -3.65. The summed E-state index contributed by atoms with van der Waals surface area (Å²) in [6.45, 7) is 3.69. The summed E-state index contributed by atoms with van der Waals surface area (Å²) in [6.07, 6.45) is 4.62. The third-order valence-corrected chi connectivity index (χ3v) is 5.71. The van der Waals surface area contributed by atoms with Crippen molar-refractivity contribution < 1.29 is 9.59 Å². The summed E-state index contributed by atoms with van der Waals surface area (Å²) in [7, 11) is 0. The van der Waals surface area contributed by atoms with E-state index in [0.29, 0.717) is 11.5 Å². The molecular weight excluding hydrogens is 499 g/mol. The summed E-state index contributed by atoms with van der Waals surface area (Å²) in [4.78, 5) is 42.0. The van der Waals surface area contributed by atoms with Crippen molar-refractivity contribution in [3.63, 3.8) is 0 Å². The lowest BCUT2D eigenvalue weighted by Crippen LogP contribution is -2.28. The molecule has 10 heteroatoms. The number of pyridine rings is 1. The number of amides is 2. The average molecular weight is 514 g/mol. The first-order chi connectivity index (χ1) is 16.2. The molecule has 0 atom stereocenters. The number of allylic oxidation sites excluding steroid dienone is 1. The van der Waals surface area contributed by atoms with Gasteiger partial charge in [-0.1, -0.05) is 47.4 Å². The molecular formula is C24H15Cl3N4O3. The molecule has 1 aliphatic heterocycles. The van der Waals surface area contributed by atoms with Crippen molar-refractivity contribution in [1.82, 2.24) is 9.88 Å². The Balaban J connectivity index is 1.60. The molecule has 2 aromatic carbocycles. The lowest BCUT2D eigenvalue weighted by atomic mass is 10.1. The molecule has 1 aliphatic rings. The van der Waals surface area contributed by atoms with Crippen LogP contribution in [0.1, 0.15) is 20.7 Å². The minimum absolute atomic E-state index is 0.144. The molecule has 0 aliphatic carbocycles. The van der Waals surface area contributed by atoms with Crippen molar-refractivity contribution in [3.05, 3.63) is 116 Å². The van der Waals surface area contributed by atoms with Gasteiger partial charge in [-0.2, -0.15) is 0 Å². The number of nitrogens with one attached hydrogen (secondary N) is 2. The number of anilines is 1. The van der Waals surface area contributed by atoms with E-state index in [0.717, 1.165) is 0 Å². The molecule has 34 heavy (non-hydrogen) atoms. The standard InChI is InChI=1S/C24H15Cl3N4O3/c1-13-5-9-20(28-13)30-23(33)14-6-8-16(25)19(11-14)29-24(34)15-7-10-21(32)31(12-15)22-17(26)3-2-4-18(22)27/h2-12H,1H2,(H,29,34)(H,28,30,33). The summed E-state index contributed by atoms with van der Waals surface area (Å²) < 4.78 is 1.19. The number of nitrogens with zero attached hydrogens (tertiary/aromatic N) is 2. The van der Waals surface area contributed by atoms with Crippen LogP contribution >= 0.6 is 34.8 Å². The van der Waals surface area contributed by atoms with Gasteiger partial charge in [-0.05, 0) is 48.6 Å². The molecule has 3 aromatic rings. The van der Waals surface area contributed by atoms with Gasteiger partial charge in [-0.15, -0.1) is 0 Å². The Morgan fingerprint density at radius 3 is 2.21 bits per heavy atom. The van der Waals surface area contributed by atoms with Crippen molar-refractivity contribution in [3.8, 4) is 5.69 Å². The van der Waals surface area contributed by atoms with Crippen molar-refractivity contribution in [1.29, 1.82) is 0 Å². The van der Waals surface area contributed by atoms with Crippen LogP contribution in [-0.2, 0) is 0 Å². The second-order valence-corrected chi connectivity index (χ2v) is 8.34. The summed E-state index contributed by atoms with van der Waals surface area (Å²) in [6, 6.07) is 11.8. The first kappa shape index (κ1) is 23.5. The Morgan fingerprint density at radius 1 is 0.853 bits per heavy atom. The molecule has 2 heterocycles. The van der Waals surface area contributed by atoms with E-state index < -0.39 is 17.4 Å². The predicted molar refractivity (Wildman–Crippen MR) is 135 cm³/mol. The number of para-hydroxylation sites is 1. The molecule has 0 saturated carbocycles. The minimum Gasteiger partial charge on any atom is -0.321 e. The van der Waals surface area contributed by atoms with Gasteiger partial charge in [0.2, 0.25) is 0 Å². The molecule has 1 aromatic heterocycles. The number of carbonyl (C=O) groups excluding carboxylic acids is 2. The Bertz CT molecular complexity index is 1450. The zero-order valence-electron chi connectivity index (χ0n) is 17.3. The van der Waals surface area contributed by atoms with Crippen molar-refractivity contribution in [2.45, 2.75) is 0 Å². The van der Waals surface area contributed by atoms with Crippen LogP contribution in [0.5, 0.6) is 0 Å². The third-order valence-electron chi connectivity index (χ3n) is 4.77. The van der Waals surface area contributed by atoms with Gasteiger partial charge >= 0.3 is 0 Å². The number of hydrogen-bond donors (Lipinski definition) is 2. The van der Waals surface area contributed by atoms with Crippen LogP contribution in [0.15, 0.2) is 88.9 Å². The van der Waals surface area contributed by atoms with E-state index in [9.17, 15) is 14.4 Å². The van der Waals surface area contributed by atoms with Crippen LogP contribution in [0.4, 0.5) is 5.69 Å². The molecule has 0 bridgehead atoms. The third kappa shape index (κ3) is 4.97.